The largest absolute Gasteiger partial charge is 0.308 e. The van der Waals surface area contributed by atoms with Crippen LogP contribution in [0.2, 0.25) is 0 Å². The zero-order valence-corrected chi connectivity index (χ0v) is 9.22. The number of pyridine rings is 1. The molecule has 2 N–H and O–H groups in total. The second-order valence-electron chi connectivity index (χ2n) is 3.53. The Labute approximate surface area is 94.3 Å². The highest BCUT2D eigenvalue weighted by Gasteiger charge is 2.13. The van der Waals surface area contributed by atoms with Gasteiger partial charge in [-0.1, -0.05) is 13.0 Å². The van der Waals surface area contributed by atoms with Gasteiger partial charge in [0.1, 0.15) is 0 Å². The van der Waals surface area contributed by atoms with Gasteiger partial charge in [-0.15, -0.1) is 0 Å². The highest BCUT2D eigenvalue weighted by molar-refractivity contribution is 5.10. The minimum atomic E-state index is 0.165. The van der Waals surface area contributed by atoms with Crippen LogP contribution < -0.4 is 5.32 Å². The summed E-state index contributed by atoms with van der Waals surface area (Å²) in [5, 5.41) is 13.9. The predicted octanol–water partition coefficient (Wildman–Crippen LogP) is 1.09. The molecule has 2 aromatic heterocycles. The third kappa shape index (κ3) is 2.64. The van der Waals surface area contributed by atoms with Gasteiger partial charge in [0.05, 0.1) is 17.9 Å². The lowest BCUT2D eigenvalue weighted by atomic mass is 10.1. The van der Waals surface area contributed by atoms with Crippen LogP contribution in [-0.2, 0) is 6.42 Å². The maximum absolute atomic E-state index is 4.31. The van der Waals surface area contributed by atoms with Crippen molar-refractivity contribution in [1.82, 2.24) is 25.7 Å². The van der Waals surface area contributed by atoms with Crippen LogP contribution in [0.3, 0.4) is 0 Å². The minimum Gasteiger partial charge on any atom is -0.308 e. The van der Waals surface area contributed by atoms with Crippen molar-refractivity contribution in [1.29, 1.82) is 0 Å². The molecule has 2 aromatic rings. The molecule has 0 spiro atoms. The van der Waals surface area contributed by atoms with Gasteiger partial charge in [0, 0.05) is 18.3 Å². The molecule has 84 valence electrons. The highest BCUT2D eigenvalue weighted by atomic mass is 15.3. The molecule has 2 rings (SSSR count). The molecule has 0 bridgehead atoms. The van der Waals surface area contributed by atoms with Crippen molar-refractivity contribution < 1.29 is 0 Å². The van der Waals surface area contributed by atoms with Gasteiger partial charge in [-0.25, -0.2) is 0 Å². The summed E-state index contributed by atoms with van der Waals surface area (Å²) in [4.78, 5) is 4.31. The van der Waals surface area contributed by atoms with Crippen LogP contribution in [0, 0.1) is 0 Å². The minimum absolute atomic E-state index is 0.165. The standard InChI is InChI=1S/C11H15N5/c1-2-12-10(11-8-14-16-15-11)7-9-5-3-4-6-13-9/h3-6,8,10,12H,2,7H2,1H3,(H,14,15,16). The van der Waals surface area contributed by atoms with E-state index < -0.39 is 0 Å². The molecule has 0 saturated heterocycles. The first-order valence-electron chi connectivity index (χ1n) is 5.39. The molecule has 16 heavy (non-hydrogen) atoms. The summed E-state index contributed by atoms with van der Waals surface area (Å²) in [6, 6.07) is 6.10. The topological polar surface area (TPSA) is 66.5 Å². The highest BCUT2D eigenvalue weighted by Crippen LogP contribution is 2.13. The summed E-state index contributed by atoms with van der Waals surface area (Å²) < 4.78 is 0. The van der Waals surface area contributed by atoms with Crippen LogP contribution in [0.5, 0.6) is 0 Å². The predicted molar refractivity (Wildman–Crippen MR) is 60.7 cm³/mol. The Kier molecular flexibility index (Phi) is 3.61. The van der Waals surface area contributed by atoms with E-state index in [2.05, 4.69) is 32.6 Å². The first kappa shape index (κ1) is 10.8. The van der Waals surface area contributed by atoms with Gasteiger partial charge in [0.2, 0.25) is 0 Å². The molecule has 2 heterocycles. The maximum atomic E-state index is 4.31. The van der Waals surface area contributed by atoms with Crippen molar-refractivity contribution >= 4 is 0 Å². The molecule has 5 heteroatoms. The zero-order valence-electron chi connectivity index (χ0n) is 9.22. The quantitative estimate of drug-likeness (QED) is 0.787. The SMILES string of the molecule is CCNC(Cc1ccccn1)c1cn[nH]n1. The summed E-state index contributed by atoms with van der Waals surface area (Å²) in [5.74, 6) is 0. The molecule has 0 aliphatic carbocycles. The van der Waals surface area contributed by atoms with Gasteiger partial charge in [0.25, 0.3) is 0 Å². The monoisotopic (exact) mass is 217 g/mol. The summed E-state index contributed by atoms with van der Waals surface area (Å²) in [7, 11) is 0. The molecule has 0 aliphatic rings. The Morgan fingerprint density at radius 1 is 1.44 bits per heavy atom. The molecule has 0 aromatic carbocycles. The van der Waals surface area contributed by atoms with Crippen molar-refractivity contribution in [3.8, 4) is 0 Å². The van der Waals surface area contributed by atoms with E-state index >= 15 is 0 Å². The number of nitrogens with zero attached hydrogens (tertiary/aromatic N) is 3. The second-order valence-corrected chi connectivity index (χ2v) is 3.53. The fourth-order valence-corrected chi connectivity index (χ4v) is 1.63. The molecule has 0 amide bonds. The van der Waals surface area contributed by atoms with E-state index in [1.54, 1.807) is 12.4 Å². The number of likely N-dealkylation sites (N-methyl/N-ethyl adjacent to an activating group) is 1. The molecule has 1 atom stereocenters. The van der Waals surface area contributed by atoms with Gasteiger partial charge < -0.3 is 5.32 Å². The van der Waals surface area contributed by atoms with Gasteiger partial charge in [0.15, 0.2) is 0 Å². The molecular weight excluding hydrogens is 202 g/mol. The number of H-pyrrole nitrogens is 1. The number of aromatic nitrogens is 4. The Morgan fingerprint density at radius 3 is 3.00 bits per heavy atom. The van der Waals surface area contributed by atoms with E-state index in [1.165, 1.54) is 0 Å². The molecule has 0 aliphatic heterocycles. The number of rotatable bonds is 5. The Hall–Kier alpha value is -1.75. The number of aromatic amines is 1. The van der Waals surface area contributed by atoms with Crippen LogP contribution in [0.25, 0.3) is 0 Å². The molecule has 5 nitrogen and oxygen atoms in total. The summed E-state index contributed by atoms with van der Waals surface area (Å²) in [6.07, 6.45) is 4.37. The molecule has 0 fully saturated rings. The van der Waals surface area contributed by atoms with Crippen molar-refractivity contribution in [2.24, 2.45) is 0 Å². The number of hydrogen-bond acceptors (Lipinski definition) is 4. The summed E-state index contributed by atoms with van der Waals surface area (Å²) in [6.45, 7) is 2.97. The van der Waals surface area contributed by atoms with Crippen molar-refractivity contribution in [3.63, 3.8) is 0 Å². The third-order valence-corrected chi connectivity index (χ3v) is 2.38. The lowest BCUT2D eigenvalue weighted by Gasteiger charge is -2.14. The first-order chi connectivity index (χ1) is 7.90. The first-order valence-corrected chi connectivity index (χ1v) is 5.39. The van der Waals surface area contributed by atoms with E-state index in [1.807, 2.05) is 18.2 Å². The summed E-state index contributed by atoms with van der Waals surface area (Å²) >= 11 is 0. The van der Waals surface area contributed by atoms with Crippen LogP contribution in [0.4, 0.5) is 0 Å². The van der Waals surface area contributed by atoms with E-state index in [0.717, 1.165) is 24.4 Å². The van der Waals surface area contributed by atoms with Gasteiger partial charge in [-0.05, 0) is 18.7 Å². The average molecular weight is 217 g/mol. The Balaban J connectivity index is 2.09. The van der Waals surface area contributed by atoms with Crippen LogP contribution in [0.1, 0.15) is 24.4 Å². The van der Waals surface area contributed by atoms with E-state index in [4.69, 9.17) is 0 Å². The lowest BCUT2D eigenvalue weighted by molar-refractivity contribution is 0.530. The average Bonchev–Trinajstić information content (AvgIpc) is 2.83. The van der Waals surface area contributed by atoms with Crippen LogP contribution >= 0.6 is 0 Å². The number of hydrogen-bond donors (Lipinski definition) is 2. The van der Waals surface area contributed by atoms with Gasteiger partial charge >= 0.3 is 0 Å². The second kappa shape index (κ2) is 5.37. The molecule has 0 saturated carbocycles. The normalized spacial score (nSPS) is 12.6. The van der Waals surface area contributed by atoms with Crippen molar-refractivity contribution in [2.75, 3.05) is 6.54 Å². The third-order valence-electron chi connectivity index (χ3n) is 2.38. The van der Waals surface area contributed by atoms with Crippen LogP contribution in [-0.4, -0.2) is 26.9 Å². The van der Waals surface area contributed by atoms with Crippen molar-refractivity contribution in [3.05, 3.63) is 42.0 Å². The molecular formula is C11H15N5. The fourth-order valence-electron chi connectivity index (χ4n) is 1.63. The van der Waals surface area contributed by atoms with Crippen LogP contribution in [0.15, 0.2) is 30.6 Å². The van der Waals surface area contributed by atoms with E-state index in [-0.39, 0.29) is 6.04 Å². The Morgan fingerprint density at radius 2 is 2.38 bits per heavy atom. The molecule has 1 unspecified atom stereocenters. The maximum Gasteiger partial charge on any atom is 0.0997 e. The number of nitrogens with one attached hydrogen (secondary N) is 2. The van der Waals surface area contributed by atoms with E-state index in [0.29, 0.717) is 0 Å². The van der Waals surface area contributed by atoms with Gasteiger partial charge in [-0.3, -0.25) is 4.98 Å². The van der Waals surface area contributed by atoms with Gasteiger partial charge in [-0.2, -0.15) is 15.4 Å². The van der Waals surface area contributed by atoms with Crippen molar-refractivity contribution in [2.45, 2.75) is 19.4 Å². The smallest absolute Gasteiger partial charge is 0.0997 e. The van der Waals surface area contributed by atoms with E-state index in [9.17, 15) is 0 Å². The fraction of sp³-hybridized carbons (Fsp3) is 0.364. The lowest BCUT2D eigenvalue weighted by Crippen LogP contribution is -2.23. The Bertz CT molecular complexity index is 398. The summed E-state index contributed by atoms with van der Waals surface area (Å²) in [5.41, 5.74) is 1.98. The molecule has 0 radical (unpaired) electrons. The zero-order chi connectivity index (χ0) is 11.2.